The molecular weight excluding hydrogens is 426 g/mol. The molecule has 32 heavy (non-hydrogen) atoms. The molecule has 0 spiro atoms. The van der Waals surface area contributed by atoms with E-state index < -0.39 is 16.1 Å². The smallest absolute Gasteiger partial charge is 0.245 e. The summed E-state index contributed by atoms with van der Waals surface area (Å²) in [6, 6.07) is 11.7. The van der Waals surface area contributed by atoms with Crippen molar-refractivity contribution in [1.29, 1.82) is 0 Å². The highest BCUT2D eigenvalue weighted by molar-refractivity contribution is 7.89. The number of benzene rings is 1. The molecule has 0 aliphatic carbocycles. The zero-order valence-electron chi connectivity index (χ0n) is 18.1. The summed E-state index contributed by atoms with van der Waals surface area (Å²) < 4.78 is 34.4. The van der Waals surface area contributed by atoms with Crippen LogP contribution in [0.25, 0.3) is 11.3 Å². The lowest BCUT2D eigenvalue weighted by molar-refractivity contribution is -0.134. The molecule has 2 aromatic rings. The Bertz CT molecular complexity index is 1100. The third kappa shape index (κ3) is 4.16. The first-order valence-corrected chi connectivity index (χ1v) is 12.2. The SMILES string of the molecule is C#CCN1C[C@H](COC)C2CCCC(C1=O)N2S(=O)(=O)c1ccc(-c2ccccc2)nc1. The van der Waals surface area contributed by atoms with Crippen molar-refractivity contribution in [1.82, 2.24) is 14.2 Å². The number of pyridine rings is 1. The Morgan fingerprint density at radius 3 is 2.62 bits per heavy atom. The Kier molecular flexibility index (Phi) is 6.60. The van der Waals surface area contributed by atoms with Crippen LogP contribution in [0, 0.1) is 18.3 Å². The Morgan fingerprint density at radius 2 is 1.97 bits per heavy atom. The Labute approximate surface area is 189 Å². The molecule has 3 atom stereocenters. The number of carbonyl (C=O) groups excluding carboxylic acids is 1. The first-order chi connectivity index (χ1) is 15.5. The summed E-state index contributed by atoms with van der Waals surface area (Å²) in [6.45, 7) is 0.891. The molecule has 1 aromatic carbocycles. The van der Waals surface area contributed by atoms with Crippen LogP contribution in [-0.4, -0.2) is 67.4 Å². The predicted molar refractivity (Wildman–Crippen MR) is 121 cm³/mol. The fraction of sp³-hybridized carbons (Fsp3) is 0.417. The highest BCUT2D eigenvalue weighted by atomic mass is 32.2. The number of nitrogens with zero attached hydrogens (tertiary/aromatic N) is 3. The van der Waals surface area contributed by atoms with Gasteiger partial charge in [-0.3, -0.25) is 9.78 Å². The van der Waals surface area contributed by atoms with Gasteiger partial charge < -0.3 is 9.64 Å². The van der Waals surface area contributed by atoms with Gasteiger partial charge in [0.1, 0.15) is 10.9 Å². The number of fused-ring (bicyclic) bond motifs is 2. The van der Waals surface area contributed by atoms with Crippen LogP contribution in [0.15, 0.2) is 53.6 Å². The number of aromatic nitrogens is 1. The molecule has 2 aliphatic heterocycles. The number of amides is 1. The number of ether oxygens (including phenoxy) is 1. The van der Waals surface area contributed by atoms with Crippen LogP contribution in [0.1, 0.15) is 19.3 Å². The predicted octanol–water partition coefficient (Wildman–Crippen LogP) is 2.40. The average Bonchev–Trinajstić information content (AvgIpc) is 2.88. The number of methoxy groups -OCH3 is 1. The Balaban J connectivity index is 1.72. The molecule has 4 rings (SSSR count). The topological polar surface area (TPSA) is 79.8 Å². The molecule has 2 fully saturated rings. The first-order valence-electron chi connectivity index (χ1n) is 10.7. The maximum Gasteiger partial charge on any atom is 0.245 e. The minimum absolute atomic E-state index is 0.0865. The molecule has 3 heterocycles. The van der Waals surface area contributed by atoms with E-state index >= 15 is 0 Å². The highest BCUT2D eigenvalue weighted by Gasteiger charge is 2.50. The van der Waals surface area contributed by atoms with Crippen LogP contribution in [0.4, 0.5) is 0 Å². The molecule has 2 saturated heterocycles. The summed E-state index contributed by atoms with van der Waals surface area (Å²) in [5.74, 6) is 2.14. The summed E-state index contributed by atoms with van der Waals surface area (Å²) in [6.07, 6.45) is 8.80. The second-order valence-corrected chi connectivity index (χ2v) is 10.1. The minimum atomic E-state index is -3.95. The van der Waals surface area contributed by atoms with Gasteiger partial charge in [0.25, 0.3) is 0 Å². The van der Waals surface area contributed by atoms with Crippen LogP contribution in [-0.2, 0) is 19.6 Å². The van der Waals surface area contributed by atoms with Gasteiger partial charge in [-0.25, -0.2) is 8.42 Å². The summed E-state index contributed by atoms with van der Waals surface area (Å²) in [4.78, 5) is 19.4. The number of sulfonamides is 1. The van der Waals surface area contributed by atoms with Gasteiger partial charge in [0.2, 0.25) is 15.9 Å². The third-order valence-electron chi connectivity index (χ3n) is 6.25. The molecule has 0 N–H and O–H groups in total. The van der Waals surface area contributed by atoms with Gasteiger partial charge in [-0.2, -0.15) is 4.31 Å². The monoisotopic (exact) mass is 453 g/mol. The fourth-order valence-electron chi connectivity index (χ4n) is 4.80. The van der Waals surface area contributed by atoms with Gasteiger partial charge in [-0.15, -0.1) is 6.42 Å². The van der Waals surface area contributed by atoms with Crippen molar-refractivity contribution < 1.29 is 17.9 Å². The van der Waals surface area contributed by atoms with Gasteiger partial charge in [-0.1, -0.05) is 36.3 Å². The normalized spacial score (nSPS) is 24.1. The van der Waals surface area contributed by atoms with Crippen molar-refractivity contribution in [3.8, 4) is 23.6 Å². The molecule has 1 amide bonds. The summed E-state index contributed by atoms with van der Waals surface area (Å²) in [5, 5.41) is 0. The average molecular weight is 454 g/mol. The summed E-state index contributed by atoms with van der Waals surface area (Å²) >= 11 is 0. The first kappa shape index (κ1) is 22.5. The zero-order valence-corrected chi connectivity index (χ0v) is 18.9. The van der Waals surface area contributed by atoms with E-state index in [-0.39, 0.29) is 29.3 Å². The van der Waals surface area contributed by atoms with Crippen molar-refractivity contribution in [3.63, 3.8) is 0 Å². The van der Waals surface area contributed by atoms with Crippen molar-refractivity contribution >= 4 is 15.9 Å². The van der Waals surface area contributed by atoms with E-state index in [4.69, 9.17) is 11.2 Å². The van der Waals surface area contributed by atoms with E-state index in [1.807, 2.05) is 30.3 Å². The largest absolute Gasteiger partial charge is 0.384 e. The van der Waals surface area contributed by atoms with E-state index in [2.05, 4.69) is 10.9 Å². The number of hydrogen-bond acceptors (Lipinski definition) is 5. The summed E-state index contributed by atoms with van der Waals surface area (Å²) in [5.41, 5.74) is 1.59. The molecule has 2 unspecified atom stereocenters. The molecule has 1 aromatic heterocycles. The maximum atomic E-state index is 13.8. The van der Waals surface area contributed by atoms with Crippen LogP contribution < -0.4 is 0 Å². The number of carbonyl (C=O) groups is 1. The van der Waals surface area contributed by atoms with Gasteiger partial charge in [-0.05, 0) is 31.4 Å². The lowest BCUT2D eigenvalue weighted by Gasteiger charge is -2.40. The van der Waals surface area contributed by atoms with E-state index in [1.165, 1.54) is 10.5 Å². The second kappa shape index (κ2) is 9.41. The standard InChI is InChI=1S/C24H27N3O4S/c1-3-14-26-16-19(17-31-2)22-10-7-11-23(24(26)28)27(22)32(29,30)20-12-13-21(25-15-20)18-8-5-4-6-9-18/h1,4-6,8-9,12-13,15,19,22-23H,7,10-11,14,16-17H2,2H3/t19-,22?,23?/m1/s1. The molecule has 2 bridgehead atoms. The van der Waals surface area contributed by atoms with E-state index in [0.29, 0.717) is 31.7 Å². The molecule has 0 radical (unpaired) electrons. The number of rotatable bonds is 6. The molecular formula is C24H27N3O4S. The molecule has 8 heteroatoms. The van der Waals surface area contributed by atoms with E-state index in [1.54, 1.807) is 24.1 Å². The lowest BCUT2D eigenvalue weighted by atomic mass is 9.91. The molecule has 2 aliphatic rings. The van der Waals surface area contributed by atoms with Crippen LogP contribution in [0.2, 0.25) is 0 Å². The van der Waals surface area contributed by atoms with Crippen molar-refractivity contribution in [2.24, 2.45) is 5.92 Å². The number of piperidine rings is 1. The highest BCUT2D eigenvalue weighted by Crippen LogP contribution is 2.37. The number of terminal acetylenes is 1. The van der Waals surface area contributed by atoms with Gasteiger partial charge in [0.15, 0.2) is 0 Å². The van der Waals surface area contributed by atoms with Crippen molar-refractivity contribution in [2.45, 2.75) is 36.2 Å². The van der Waals surface area contributed by atoms with Crippen LogP contribution in [0.5, 0.6) is 0 Å². The quantitative estimate of drug-likeness (QED) is 0.628. The Morgan fingerprint density at radius 1 is 1.19 bits per heavy atom. The summed E-state index contributed by atoms with van der Waals surface area (Å²) in [7, 11) is -2.36. The second-order valence-electron chi connectivity index (χ2n) is 8.23. The zero-order chi connectivity index (χ0) is 22.7. The molecule has 7 nitrogen and oxygen atoms in total. The molecule has 168 valence electrons. The van der Waals surface area contributed by atoms with Gasteiger partial charge in [0.05, 0.1) is 18.8 Å². The maximum absolute atomic E-state index is 13.8. The van der Waals surface area contributed by atoms with Crippen molar-refractivity contribution in [3.05, 3.63) is 48.7 Å². The van der Waals surface area contributed by atoms with E-state index in [0.717, 1.165) is 12.0 Å². The van der Waals surface area contributed by atoms with Gasteiger partial charge >= 0.3 is 0 Å². The third-order valence-corrected chi connectivity index (χ3v) is 8.17. The lowest BCUT2D eigenvalue weighted by Crippen LogP contribution is -2.55. The van der Waals surface area contributed by atoms with Crippen molar-refractivity contribution in [2.75, 3.05) is 26.8 Å². The van der Waals surface area contributed by atoms with E-state index in [9.17, 15) is 13.2 Å². The fourth-order valence-corrected chi connectivity index (χ4v) is 6.63. The van der Waals surface area contributed by atoms with Gasteiger partial charge in [0, 0.05) is 37.4 Å². The molecule has 0 saturated carbocycles. The van der Waals surface area contributed by atoms with Crippen LogP contribution in [0.3, 0.4) is 0 Å². The minimum Gasteiger partial charge on any atom is -0.384 e. The Hall–Kier alpha value is -2.73. The number of hydrogen-bond donors (Lipinski definition) is 0. The van der Waals surface area contributed by atoms with Crippen LogP contribution >= 0.6 is 0 Å².